The molecule has 3 rings (SSSR count). The molecule has 0 atom stereocenters. The Labute approximate surface area is 152 Å². The van der Waals surface area contributed by atoms with Crippen LogP contribution in [0.5, 0.6) is 5.88 Å². The molecule has 0 radical (unpaired) electrons. The fourth-order valence-corrected chi connectivity index (χ4v) is 2.49. The molecule has 0 spiro atoms. The minimum absolute atomic E-state index is 0.0734. The molecule has 0 unspecified atom stereocenters. The summed E-state index contributed by atoms with van der Waals surface area (Å²) in [6.45, 7) is 2.81. The Kier molecular flexibility index (Phi) is 5.98. The molecule has 1 aromatic carbocycles. The summed E-state index contributed by atoms with van der Waals surface area (Å²) in [5.74, 6) is 1.74. The molecule has 0 saturated carbocycles. The Morgan fingerprint density at radius 1 is 1.15 bits per heavy atom. The number of nitrogens with one attached hydrogen (secondary N) is 1. The normalized spacial score (nSPS) is 10.5. The van der Waals surface area contributed by atoms with Crippen molar-refractivity contribution in [1.29, 1.82) is 0 Å². The lowest BCUT2D eigenvalue weighted by molar-refractivity contribution is -0.121. The van der Waals surface area contributed by atoms with Crippen LogP contribution in [0.4, 0.5) is 0 Å². The molecule has 2 heterocycles. The maximum Gasteiger partial charge on any atom is 0.220 e. The molecule has 134 valence electrons. The molecule has 0 saturated heterocycles. The fourth-order valence-electron chi connectivity index (χ4n) is 2.49. The molecule has 6 heteroatoms. The number of nitrogens with zero attached hydrogens (tertiary/aromatic N) is 2. The summed E-state index contributed by atoms with van der Waals surface area (Å²) in [5, 5.41) is 2.88. The van der Waals surface area contributed by atoms with E-state index in [4.69, 9.17) is 9.15 Å². The van der Waals surface area contributed by atoms with Crippen molar-refractivity contribution in [1.82, 2.24) is 15.3 Å². The van der Waals surface area contributed by atoms with E-state index >= 15 is 0 Å². The SMILES string of the molecule is CCOc1ncccc1CNC(=O)CCc1ncc(-c2ccccc2)o1. The first-order valence-electron chi connectivity index (χ1n) is 8.59. The second kappa shape index (κ2) is 8.80. The number of rotatable bonds is 8. The summed E-state index contributed by atoms with van der Waals surface area (Å²) in [5.41, 5.74) is 1.82. The van der Waals surface area contributed by atoms with Crippen LogP contribution in [-0.4, -0.2) is 22.5 Å². The van der Waals surface area contributed by atoms with E-state index in [1.54, 1.807) is 12.4 Å². The van der Waals surface area contributed by atoms with E-state index in [2.05, 4.69) is 15.3 Å². The van der Waals surface area contributed by atoms with Crippen molar-refractivity contribution in [3.05, 3.63) is 66.3 Å². The van der Waals surface area contributed by atoms with Gasteiger partial charge in [-0.15, -0.1) is 0 Å². The summed E-state index contributed by atoms with van der Waals surface area (Å²) in [7, 11) is 0. The van der Waals surface area contributed by atoms with Crippen molar-refractivity contribution in [3.63, 3.8) is 0 Å². The van der Waals surface area contributed by atoms with Crippen LogP contribution in [0.2, 0.25) is 0 Å². The van der Waals surface area contributed by atoms with Crippen LogP contribution in [0.25, 0.3) is 11.3 Å². The van der Waals surface area contributed by atoms with Crippen molar-refractivity contribution in [2.45, 2.75) is 26.3 Å². The summed E-state index contributed by atoms with van der Waals surface area (Å²) < 4.78 is 11.2. The first kappa shape index (κ1) is 17.7. The zero-order chi connectivity index (χ0) is 18.2. The van der Waals surface area contributed by atoms with E-state index in [1.807, 2.05) is 49.4 Å². The zero-order valence-corrected chi connectivity index (χ0v) is 14.6. The third-order valence-corrected chi connectivity index (χ3v) is 3.78. The number of aromatic nitrogens is 2. The van der Waals surface area contributed by atoms with E-state index in [-0.39, 0.29) is 5.91 Å². The molecule has 0 aliphatic carbocycles. The summed E-state index contributed by atoms with van der Waals surface area (Å²) in [4.78, 5) is 20.5. The van der Waals surface area contributed by atoms with Crippen LogP contribution in [0, 0.1) is 0 Å². The van der Waals surface area contributed by atoms with Gasteiger partial charge in [-0.1, -0.05) is 36.4 Å². The van der Waals surface area contributed by atoms with Crippen molar-refractivity contribution in [2.24, 2.45) is 0 Å². The van der Waals surface area contributed by atoms with Gasteiger partial charge in [-0.3, -0.25) is 4.79 Å². The monoisotopic (exact) mass is 351 g/mol. The molecule has 0 fully saturated rings. The lowest BCUT2D eigenvalue weighted by Crippen LogP contribution is -2.23. The number of carbonyl (C=O) groups is 1. The summed E-state index contributed by atoms with van der Waals surface area (Å²) in [6, 6.07) is 13.5. The van der Waals surface area contributed by atoms with Gasteiger partial charge in [0, 0.05) is 36.7 Å². The Balaban J connectivity index is 1.50. The predicted molar refractivity (Wildman–Crippen MR) is 97.5 cm³/mol. The summed E-state index contributed by atoms with van der Waals surface area (Å²) >= 11 is 0. The quantitative estimate of drug-likeness (QED) is 0.673. The number of hydrogen-bond acceptors (Lipinski definition) is 5. The third-order valence-electron chi connectivity index (χ3n) is 3.78. The molecule has 0 aliphatic rings. The molecular weight excluding hydrogens is 330 g/mol. The van der Waals surface area contributed by atoms with Crippen LogP contribution >= 0.6 is 0 Å². The number of hydrogen-bond donors (Lipinski definition) is 1. The van der Waals surface area contributed by atoms with Crippen LogP contribution in [-0.2, 0) is 17.8 Å². The van der Waals surface area contributed by atoms with Crippen molar-refractivity contribution in [3.8, 4) is 17.2 Å². The lowest BCUT2D eigenvalue weighted by Gasteiger charge is -2.09. The zero-order valence-electron chi connectivity index (χ0n) is 14.6. The van der Waals surface area contributed by atoms with E-state index in [0.29, 0.717) is 43.5 Å². The molecule has 1 amide bonds. The highest BCUT2D eigenvalue weighted by atomic mass is 16.5. The molecule has 1 N–H and O–H groups in total. The molecule has 3 aromatic rings. The average molecular weight is 351 g/mol. The highest BCUT2D eigenvalue weighted by Crippen LogP contribution is 2.20. The molecule has 2 aromatic heterocycles. The highest BCUT2D eigenvalue weighted by molar-refractivity contribution is 5.76. The van der Waals surface area contributed by atoms with E-state index in [1.165, 1.54) is 0 Å². The minimum atomic E-state index is -0.0734. The maximum atomic E-state index is 12.1. The van der Waals surface area contributed by atoms with Gasteiger partial charge in [0.05, 0.1) is 12.8 Å². The molecular formula is C20H21N3O3. The first-order valence-corrected chi connectivity index (χ1v) is 8.59. The number of aryl methyl sites for hydroxylation is 1. The second-order valence-corrected chi connectivity index (χ2v) is 5.66. The average Bonchev–Trinajstić information content (AvgIpc) is 3.16. The molecule has 0 aliphatic heterocycles. The third kappa shape index (κ3) is 4.69. The molecule has 6 nitrogen and oxygen atoms in total. The van der Waals surface area contributed by atoms with E-state index < -0.39 is 0 Å². The van der Waals surface area contributed by atoms with Gasteiger partial charge in [-0.05, 0) is 13.0 Å². The topological polar surface area (TPSA) is 77.2 Å². The van der Waals surface area contributed by atoms with Gasteiger partial charge in [0.25, 0.3) is 0 Å². The van der Waals surface area contributed by atoms with Crippen molar-refractivity contribution < 1.29 is 13.9 Å². The Morgan fingerprint density at radius 3 is 2.81 bits per heavy atom. The first-order chi connectivity index (χ1) is 12.8. The number of pyridine rings is 1. The van der Waals surface area contributed by atoms with Crippen LogP contribution in [0.1, 0.15) is 24.8 Å². The van der Waals surface area contributed by atoms with Crippen molar-refractivity contribution >= 4 is 5.91 Å². The van der Waals surface area contributed by atoms with Gasteiger partial charge in [-0.25, -0.2) is 9.97 Å². The largest absolute Gasteiger partial charge is 0.478 e. The number of oxazole rings is 1. The Hall–Kier alpha value is -3.15. The van der Waals surface area contributed by atoms with Gasteiger partial charge in [0.15, 0.2) is 11.7 Å². The van der Waals surface area contributed by atoms with Gasteiger partial charge < -0.3 is 14.5 Å². The standard InChI is InChI=1S/C20H21N3O3/c1-2-25-20-16(9-6-12-21-20)13-22-18(24)10-11-19-23-14-17(26-19)15-7-4-3-5-8-15/h3-9,12,14H,2,10-11,13H2,1H3,(H,22,24). The van der Waals surface area contributed by atoms with Crippen molar-refractivity contribution in [2.75, 3.05) is 6.61 Å². The lowest BCUT2D eigenvalue weighted by atomic mass is 10.2. The maximum absolute atomic E-state index is 12.1. The van der Waals surface area contributed by atoms with E-state index in [9.17, 15) is 4.79 Å². The van der Waals surface area contributed by atoms with Crippen LogP contribution in [0.15, 0.2) is 59.3 Å². The van der Waals surface area contributed by atoms with E-state index in [0.717, 1.165) is 11.1 Å². The molecule has 0 bridgehead atoms. The van der Waals surface area contributed by atoms with Gasteiger partial charge in [0.2, 0.25) is 11.8 Å². The second-order valence-electron chi connectivity index (χ2n) is 5.66. The van der Waals surface area contributed by atoms with Crippen LogP contribution < -0.4 is 10.1 Å². The number of amides is 1. The predicted octanol–water partition coefficient (Wildman–Crippen LogP) is 3.38. The van der Waals surface area contributed by atoms with Gasteiger partial charge in [-0.2, -0.15) is 0 Å². The summed E-state index contributed by atoms with van der Waals surface area (Å²) in [6.07, 6.45) is 4.11. The Morgan fingerprint density at radius 2 is 2.00 bits per heavy atom. The fraction of sp³-hybridized carbons (Fsp3) is 0.250. The van der Waals surface area contributed by atoms with Crippen LogP contribution in [0.3, 0.4) is 0 Å². The van der Waals surface area contributed by atoms with Gasteiger partial charge >= 0.3 is 0 Å². The molecule has 26 heavy (non-hydrogen) atoms. The highest BCUT2D eigenvalue weighted by Gasteiger charge is 2.10. The number of carbonyl (C=O) groups excluding carboxylic acids is 1. The van der Waals surface area contributed by atoms with Gasteiger partial charge in [0.1, 0.15) is 0 Å². The smallest absolute Gasteiger partial charge is 0.220 e. The number of benzene rings is 1. The minimum Gasteiger partial charge on any atom is -0.478 e. The Bertz CT molecular complexity index is 846. The number of ether oxygens (including phenoxy) is 1.